The number of ether oxygens (including phenoxy) is 2. The Balaban J connectivity index is 2.68. The average molecular weight is 399 g/mol. The van der Waals surface area contributed by atoms with Crippen LogP contribution in [-0.4, -0.2) is 36.0 Å². The standard InChI is InChI=1S/C19H30NO6P/c1-4-6-12-16(18(21)25-3)14-27(23,24)17(5-2)20-19(22)26-13-15-10-8-7-9-11-15/h7-11,16-17H,4-6,12-14H2,1-3H3,(H,20,22)(H,23,24). The zero-order valence-corrected chi connectivity index (χ0v) is 17.1. The summed E-state index contributed by atoms with van der Waals surface area (Å²) in [4.78, 5) is 34.4. The normalized spacial score (nSPS) is 15.3. The molecule has 1 rings (SSSR count). The number of nitrogens with one attached hydrogen (secondary N) is 1. The van der Waals surface area contributed by atoms with Crippen LogP contribution in [0, 0.1) is 5.92 Å². The number of carbonyl (C=O) groups excluding carboxylic acids is 2. The lowest BCUT2D eigenvalue weighted by Gasteiger charge is -2.25. The smallest absolute Gasteiger partial charge is 0.408 e. The van der Waals surface area contributed by atoms with Crippen LogP contribution in [0.1, 0.15) is 45.1 Å². The Kier molecular flexibility index (Phi) is 10.1. The van der Waals surface area contributed by atoms with E-state index in [4.69, 9.17) is 9.47 Å². The molecule has 27 heavy (non-hydrogen) atoms. The van der Waals surface area contributed by atoms with Crippen molar-refractivity contribution in [1.29, 1.82) is 0 Å². The first-order chi connectivity index (χ1) is 12.8. The fourth-order valence-electron chi connectivity index (χ4n) is 2.73. The summed E-state index contributed by atoms with van der Waals surface area (Å²) in [5.41, 5.74) is 0.818. The summed E-state index contributed by atoms with van der Waals surface area (Å²) in [6.45, 7) is 3.75. The van der Waals surface area contributed by atoms with Crippen molar-refractivity contribution in [3.63, 3.8) is 0 Å². The third kappa shape index (κ3) is 8.14. The second-order valence-corrected chi connectivity index (χ2v) is 8.93. The van der Waals surface area contributed by atoms with E-state index in [0.29, 0.717) is 6.42 Å². The van der Waals surface area contributed by atoms with Gasteiger partial charge in [-0.1, -0.05) is 57.0 Å². The van der Waals surface area contributed by atoms with Crippen LogP contribution >= 0.6 is 7.37 Å². The van der Waals surface area contributed by atoms with Crippen LogP contribution in [-0.2, 0) is 25.4 Å². The molecule has 0 saturated carbocycles. The van der Waals surface area contributed by atoms with Gasteiger partial charge in [0, 0.05) is 6.16 Å². The quantitative estimate of drug-likeness (QED) is 0.432. The number of methoxy groups -OCH3 is 1. The Labute approximate surface area is 160 Å². The number of alkyl carbamates (subject to hydrolysis) is 1. The van der Waals surface area contributed by atoms with E-state index >= 15 is 0 Å². The van der Waals surface area contributed by atoms with Gasteiger partial charge in [0.25, 0.3) is 0 Å². The molecule has 3 atom stereocenters. The number of esters is 1. The van der Waals surface area contributed by atoms with Crippen molar-refractivity contribution in [1.82, 2.24) is 5.32 Å². The monoisotopic (exact) mass is 399 g/mol. The van der Waals surface area contributed by atoms with Gasteiger partial charge in [0.2, 0.25) is 7.37 Å². The highest BCUT2D eigenvalue weighted by molar-refractivity contribution is 7.58. The van der Waals surface area contributed by atoms with Crippen LogP contribution in [0.3, 0.4) is 0 Å². The highest BCUT2D eigenvalue weighted by atomic mass is 31.2. The van der Waals surface area contributed by atoms with E-state index in [2.05, 4.69) is 5.32 Å². The molecule has 0 aliphatic heterocycles. The maximum Gasteiger partial charge on any atom is 0.408 e. The van der Waals surface area contributed by atoms with Gasteiger partial charge in [0.15, 0.2) is 0 Å². The van der Waals surface area contributed by atoms with E-state index in [1.165, 1.54) is 7.11 Å². The van der Waals surface area contributed by atoms with E-state index in [1.807, 2.05) is 37.3 Å². The molecule has 0 bridgehead atoms. The maximum absolute atomic E-state index is 12.8. The first-order valence-electron chi connectivity index (χ1n) is 9.20. The number of benzene rings is 1. The third-order valence-corrected chi connectivity index (χ3v) is 6.73. The van der Waals surface area contributed by atoms with E-state index in [9.17, 15) is 19.0 Å². The number of hydrogen-bond acceptors (Lipinski definition) is 5. The molecule has 1 aromatic carbocycles. The Bertz CT molecular complexity index is 636. The molecule has 0 aliphatic carbocycles. The second-order valence-electron chi connectivity index (χ2n) is 6.43. The largest absolute Gasteiger partial charge is 0.469 e. The van der Waals surface area contributed by atoms with E-state index in [0.717, 1.165) is 18.4 Å². The van der Waals surface area contributed by atoms with Gasteiger partial charge in [-0.05, 0) is 18.4 Å². The van der Waals surface area contributed by atoms with Crippen molar-refractivity contribution in [2.45, 2.75) is 51.9 Å². The first kappa shape index (κ1) is 23.2. The number of amides is 1. The zero-order valence-electron chi connectivity index (χ0n) is 16.2. The second kappa shape index (κ2) is 11.8. The highest BCUT2D eigenvalue weighted by Crippen LogP contribution is 2.48. The molecule has 1 amide bonds. The number of carbonyl (C=O) groups is 2. The summed E-state index contributed by atoms with van der Waals surface area (Å²) in [6.07, 6.45) is 1.35. The first-order valence-corrected chi connectivity index (χ1v) is 11.1. The Morgan fingerprint density at radius 1 is 1.22 bits per heavy atom. The van der Waals surface area contributed by atoms with Crippen LogP contribution in [0.15, 0.2) is 30.3 Å². The molecule has 3 unspecified atom stereocenters. The molecular formula is C19H30NO6P. The molecule has 152 valence electrons. The number of hydrogen-bond donors (Lipinski definition) is 2. The predicted molar refractivity (Wildman–Crippen MR) is 104 cm³/mol. The molecular weight excluding hydrogens is 369 g/mol. The minimum absolute atomic E-state index is 0.0696. The summed E-state index contributed by atoms with van der Waals surface area (Å²) in [5, 5.41) is 2.47. The topological polar surface area (TPSA) is 102 Å². The molecule has 2 N–H and O–H groups in total. The van der Waals surface area contributed by atoms with E-state index < -0.39 is 31.1 Å². The van der Waals surface area contributed by atoms with Gasteiger partial charge in [-0.25, -0.2) is 4.79 Å². The van der Waals surface area contributed by atoms with Crippen LogP contribution in [0.2, 0.25) is 0 Å². The fraction of sp³-hybridized carbons (Fsp3) is 0.579. The Morgan fingerprint density at radius 2 is 1.89 bits per heavy atom. The van der Waals surface area contributed by atoms with Crippen molar-refractivity contribution in [3.8, 4) is 0 Å². The van der Waals surface area contributed by atoms with Gasteiger partial charge in [0.05, 0.1) is 13.0 Å². The van der Waals surface area contributed by atoms with E-state index in [-0.39, 0.29) is 19.2 Å². The Morgan fingerprint density at radius 3 is 2.44 bits per heavy atom. The van der Waals surface area contributed by atoms with Gasteiger partial charge in [-0.3, -0.25) is 9.36 Å². The third-order valence-electron chi connectivity index (χ3n) is 4.29. The van der Waals surface area contributed by atoms with Crippen molar-refractivity contribution in [2.24, 2.45) is 5.92 Å². The molecule has 8 heteroatoms. The molecule has 0 aliphatic rings. The summed E-state index contributed by atoms with van der Waals surface area (Å²) in [7, 11) is -2.56. The molecule has 1 aromatic rings. The molecule has 7 nitrogen and oxygen atoms in total. The molecule has 0 saturated heterocycles. The maximum atomic E-state index is 12.8. The van der Waals surface area contributed by atoms with Crippen molar-refractivity contribution >= 4 is 19.4 Å². The van der Waals surface area contributed by atoms with Gasteiger partial charge in [0.1, 0.15) is 12.4 Å². The lowest BCUT2D eigenvalue weighted by Crippen LogP contribution is -2.36. The van der Waals surface area contributed by atoms with Crippen molar-refractivity contribution in [2.75, 3.05) is 13.3 Å². The van der Waals surface area contributed by atoms with Gasteiger partial charge in [-0.2, -0.15) is 0 Å². The fourth-order valence-corrected chi connectivity index (χ4v) is 4.83. The molecule has 0 radical (unpaired) electrons. The summed E-state index contributed by atoms with van der Waals surface area (Å²) in [5.74, 6) is -2.14. The summed E-state index contributed by atoms with van der Waals surface area (Å²) in [6, 6.07) is 9.15. The van der Waals surface area contributed by atoms with Crippen molar-refractivity contribution in [3.05, 3.63) is 35.9 Å². The summed E-state index contributed by atoms with van der Waals surface area (Å²) < 4.78 is 22.7. The zero-order chi connectivity index (χ0) is 20.3. The molecule has 0 aromatic heterocycles. The number of rotatable bonds is 11. The Hall–Kier alpha value is -1.85. The molecule has 0 fully saturated rings. The average Bonchev–Trinajstić information content (AvgIpc) is 2.67. The van der Waals surface area contributed by atoms with Crippen LogP contribution in [0.25, 0.3) is 0 Å². The van der Waals surface area contributed by atoms with Crippen LogP contribution in [0.4, 0.5) is 4.79 Å². The van der Waals surface area contributed by atoms with Crippen LogP contribution in [0.5, 0.6) is 0 Å². The lowest BCUT2D eigenvalue weighted by atomic mass is 10.0. The van der Waals surface area contributed by atoms with Gasteiger partial charge < -0.3 is 19.7 Å². The molecule has 0 heterocycles. The number of unbranched alkanes of at least 4 members (excludes halogenated alkanes) is 1. The van der Waals surface area contributed by atoms with E-state index in [1.54, 1.807) is 6.92 Å². The van der Waals surface area contributed by atoms with Gasteiger partial charge >= 0.3 is 12.1 Å². The lowest BCUT2D eigenvalue weighted by molar-refractivity contribution is -0.145. The van der Waals surface area contributed by atoms with Crippen molar-refractivity contribution < 1.29 is 28.5 Å². The molecule has 0 spiro atoms. The minimum atomic E-state index is -3.83. The highest BCUT2D eigenvalue weighted by Gasteiger charge is 2.36. The minimum Gasteiger partial charge on any atom is -0.469 e. The summed E-state index contributed by atoms with van der Waals surface area (Å²) >= 11 is 0. The van der Waals surface area contributed by atoms with Gasteiger partial charge in [-0.15, -0.1) is 0 Å². The predicted octanol–water partition coefficient (Wildman–Crippen LogP) is 3.90. The SMILES string of the molecule is CCCCC(CP(=O)(O)C(CC)NC(=O)OCc1ccccc1)C(=O)OC. The van der Waals surface area contributed by atoms with Crippen LogP contribution < -0.4 is 5.32 Å².